The lowest BCUT2D eigenvalue weighted by Gasteiger charge is -2.11. The average Bonchev–Trinajstić information content (AvgIpc) is 2.37. The number of benzene rings is 2. The molecule has 2 aromatic rings. The van der Waals surface area contributed by atoms with Gasteiger partial charge in [0.15, 0.2) is 0 Å². The molecule has 2 aromatic carbocycles. The number of ether oxygens (including phenoxy) is 1. The van der Waals surface area contributed by atoms with Gasteiger partial charge in [-0.25, -0.2) is 0 Å². The van der Waals surface area contributed by atoms with E-state index >= 15 is 0 Å². The van der Waals surface area contributed by atoms with Gasteiger partial charge in [0.05, 0.1) is 0 Å². The molecular formula is C16H15F3O. The highest BCUT2D eigenvalue weighted by Crippen LogP contribution is 2.29. The molecule has 0 heterocycles. The van der Waals surface area contributed by atoms with Crippen LogP contribution in [0.25, 0.3) is 11.1 Å². The average molecular weight is 280 g/mol. The van der Waals surface area contributed by atoms with Crippen LogP contribution in [0.1, 0.15) is 25.3 Å². The van der Waals surface area contributed by atoms with Crippen LogP contribution in [0.3, 0.4) is 0 Å². The molecule has 2 rings (SSSR count). The van der Waals surface area contributed by atoms with Crippen LogP contribution in [-0.4, -0.2) is 6.36 Å². The minimum Gasteiger partial charge on any atom is -0.406 e. The van der Waals surface area contributed by atoms with E-state index < -0.39 is 6.36 Å². The third kappa shape index (κ3) is 3.76. The van der Waals surface area contributed by atoms with Gasteiger partial charge in [-0.1, -0.05) is 50.2 Å². The quantitative estimate of drug-likeness (QED) is 0.733. The van der Waals surface area contributed by atoms with Crippen LogP contribution in [0.5, 0.6) is 5.75 Å². The fourth-order valence-corrected chi connectivity index (χ4v) is 1.95. The van der Waals surface area contributed by atoms with Crippen molar-refractivity contribution >= 4 is 0 Å². The maximum atomic E-state index is 12.2. The zero-order chi connectivity index (χ0) is 14.8. The molecule has 106 valence electrons. The van der Waals surface area contributed by atoms with E-state index in [0.29, 0.717) is 11.5 Å². The molecule has 0 fully saturated rings. The van der Waals surface area contributed by atoms with Gasteiger partial charge < -0.3 is 4.74 Å². The summed E-state index contributed by atoms with van der Waals surface area (Å²) in [5, 5.41) is 0. The topological polar surface area (TPSA) is 9.23 Å². The van der Waals surface area contributed by atoms with Crippen molar-refractivity contribution in [1.29, 1.82) is 0 Å². The Bertz CT molecular complexity index is 588. The lowest BCUT2D eigenvalue weighted by atomic mass is 9.97. The van der Waals surface area contributed by atoms with Gasteiger partial charge in [-0.15, -0.1) is 13.2 Å². The number of alkyl halides is 3. The minimum atomic E-state index is -4.67. The van der Waals surface area contributed by atoms with Crippen molar-refractivity contribution in [2.45, 2.75) is 26.1 Å². The van der Waals surface area contributed by atoms with Crippen LogP contribution in [0.2, 0.25) is 0 Å². The van der Waals surface area contributed by atoms with E-state index in [1.165, 1.54) is 12.1 Å². The SMILES string of the molecule is CC(C)c1cccc(-c2cccc(OC(F)(F)F)c2)c1. The highest BCUT2D eigenvalue weighted by molar-refractivity contribution is 5.66. The molecule has 0 aliphatic rings. The highest BCUT2D eigenvalue weighted by Gasteiger charge is 2.31. The lowest BCUT2D eigenvalue weighted by Crippen LogP contribution is -2.17. The molecule has 0 aromatic heterocycles. The predicted molar refractivity (Wildman–Crippen MR) is 72.7 cm³/mol. The van der Waals surface area contributed by atoms with Crippen molar-refractivity contribution in [3.63, 3.8) is 0 Å². The van der Waals surface area contributed by atoms with E-state index in [9.17, 15) is 13.2 Å². The largest absolute Gasteiger partial charge is 0.573 e. The van der Waals surface area contributed by atoms with E-state index in [2.05, 4.69) is 18.6 Å². The zero-order valence-corrected chi connectivity index (χ0v) is 11.2. The van der Waals surface area contributed by atoms with Crippen molar-refractivity contribution in [1.82, 2.24) is 0 Å². The van der Waals surface area contributed by atoms with E-state index in [4.69, 9.17) is 0 Å². The molecule has 0 aliphatic heterocycles. The van der Waals surface area contributed by atoms with E-state index in [0.717, 1.165) is 11.1 Å². The first-order valence-corrected chi connectivity index (χ1v) is 6.31. The molecule has 0 aliphatic carbocycles. The fourth-order valence-electron chi connectivity index (χ4n) is 1.95. The van der Waals surface area contributed by atoms with E-state index in [-0.39, 0.29) is 5.75 Å². The first kappa shape index (κ1) is 14.4. The second kappa shape index (κ2) is 5.57. The van der Waals surface area contributed by atoms with Crippen molar-refractivity contribution in [2.75, 3.05) is 0 Å². The molecule has 20 heavy (non-hydrogen) atoms. The Kier molecular flexibility index (Phi) is 4.02. The normalized spacial score (nSPS) is 11.7. The van der Waals surface area contributed by atoms with E-state index in [1.807, 2.05) is 24.3 Å². The second-order valence-corrected chi connectivity index (χ2v) is 4.86. The highest BCUT2D eigenvalue weighted by atomic mass is 19.4. The Hall–Kier alpha value is -1.97. The van der Waals surface area contributed by atoms with Crippen LogP contribution < -0.4 is 4.74 Å². The molecule has 0 amide bonds. The molecule has 0 saturated heterocycles. The van der Waals surface area contributed by atoms with Gasteiger partial charge in [0.1, 0.15) is 5.75 Å². The van der Waals surface area contributed by atoms with Gasteiger partial charge in [0, 0.05) is 0 Å². The maximum absolute atomic E-state index is 12.2. The molecule has 0 saturated carbocycles. The summed E-state index contributed by atoms with van der Waals surface area (Å²) in [6.45, 7) is 4.14. The molecule has 1 nitrogen and oxygen atoms in total. The van der Waals surface area contributed by atoms with Gasteiger partial charge in [0.2, 0.25) is 0 Å². The van der Waals surface area contributed by atoms with Crippen LogP contribution in [0.15, 0.2) is 48.5 Å². The van der Waals surface area contributed by atoms with Crippen molar-refractivity contribution in [2.24, 2.45) is 0 Å². The first-order chi connectivity index (χ1) is 9.35. The number of rotatable bonds is 3. The number of hydrogen-bond acceptors (Lipinski definition) is 1. The molecule has 0 N–H and O–H groups in total. The maximum Gasteiger partial charge on any atom is 0.573 e. The first-order valence-electron chi connectivity index (χ1n) is 6.31. The summed E-state index contributed by atoms with van der Waals surface area (Å²) < 4.78 is 40.6. The summed E-state index contributed by atoms with van der Waals surface area (Å²) in [5.74, 6) is 0.162. The van der Waals surface area contributed by atoms with E-state index in [1.54, 1.807) is 12.1 Å². The van der Waals surface area contributed by atoms with Gasteiger partial charge in [-0.2, -0.15) is 0 Å². The Morgan fingerprint density at radius 1 is 0.900 bits per heavy atom. The molecule has 0 spiro atoms. The summed E-state index contributed by atoms with van der Waals surface area (Å²) >= 11 is 0. The Balaban J connectivity index is 2.33. The summed E-state index contributed by atoms with van der Waals surface area (Å²) in [6.07, 6.45) is -4.67. The molecule has 0 radical (unpaired) electrons. The van der Waals surface area contributed by atoms with Gasteiger partial charge >= 0.3 is 6.36 Å². The number of hydrogen-bond donors (Lipinski definition) is 0. The van der Waals surface area contributed by atoms with Crippen LogP contribution >= 0.6 is 0 Å². The summed E-state index contributed by atoms with van der Waals surface area (Å²) in [6, 6.07) is 13.8. The smallest absolute Gasteiger partial charge is 0.406 e. The lowest BCUT2D eigenvalue weighted by molar-refractivity contribution is -0.274. The van der Waals surface area contributed by atoms with Crippen LogP contribution in [-0.2, 0) is 0 Å². The van der Waals surface area contributed by atoms with Crippen molar-refractivity contribution in [3.8, 4) is 16.9 Å². The Morgan fingerprint density at radius 3 is 2.10 bits per heavy atom. The Labute approximate surface area is 116 Å². The molecule has 0 bridgehead atoms. The van der Waals surface area contributed by atoms with Crippen molar-refractivity contribution in [3.05, 3.63) is 54.1 Å². The zero-order valence-electron chi connectivity index (χ0n) is 11.2. The third-order valence-electron chi connectivity index (χ3n) is 2.95. The standard InChI is InChI=1S/C16H15F3O/c1-11(2)12-5-3-6-13(9-12)14-7-4-8-15(10-14)20-16(17,18)19/h3-11H,1-2H3. The van der Waals surface area contributed by atoms with Gasteiger partial charge in [0.25, 0.3) is 0 Å². The van der Waals surface area contributed by atoms with Gasteiger partial charge in [-0.3, -0.25) is 0 Å². The van der Waals surface area contributed by atoms with Crippen LogP contribution in [0, 0.1) is 0 Å². The fraction of sp³-hybridized carbons (Fsp3) is 0.250. The monoisotopic (exact) mass is 280 g/mol. The third-order valence-corrected chi connectivity index (χ3v) is 2.95. The van der Waals surface area contributed by atoms with Crippen LogP contribution in [0.4, 0.5) is 13.2 Å². The summed E-state index contributed by atoms with van der Waals surface area (Å²) in [7, 11) is 0. The minimum absolute atomic E-state index is 0.204. The Morgan fingerprint density at radius 2 is 1.50 bits per heavy atom. The van der Waals surface area contributed by atoms with Crippen molar-refractivity contribution < 1.29 is 17.9 Å². The molecular weight excluding hydrogens is 265 g/mol. The number of halogens is 3. The summed E-state index contributed by atoms with van der Waals surface area (Å²) in [4.78, 5) is 0. The second-order valence-electron chi connectivity index (χ2n) is 4.86. The van der Waals surface area contributed by atoms with Gasteiger partial charge in [-0.05, 0) is 34.7 Å². The predicted octanol–water partition coefficient (Wildman–Crippen LogP) is 5.38. The molecule has 0 unspecified atom stereocenters. The molecule has 0 atom stereocenters. The summed E-state index contributed by atoms with van der Waals surface area (Å²) in [5.41, 5.74) is 2.72. The molecule has 4 heteroatoms.